The zero-order chi connectivity index (χ0) is 18.6. The minimum absolute atomic E-state index is 0.00488. The van der Waals surface area contributed by atoms with E-state index in [4.69, 9.17) is 0 Å². The lowest BCUT2D eigenvalue weighted by Gasteiger charge is -2.24. The maximum absolute atomic E-state index is 12.9. The van der Waals surface area contributed by atoms with Crippen molar-refractivity contribution in [3.8, 4) is 11.4 Å². The second-order valence-corrected chi connectivity index (χ2v) is 6.79. The Balaban J connectivity index is 1.45. The number of carbonyl (C=O) groups excluding carboxylic acids is 1. The average Bonchev–Trinajstić information content (AvgIpc) is 3.34. The van der Waals surface area contributed by atoms with Gasteiger partial charge >= 0.3 is 0 Å². The third kappa shape index (κ3) is 4.01. The molecule has 1 aliphatic heterocycles. The van der Waals surface area contributed by atoms with E-state index in [-0.39, 0.29) is 17.7 Å². The minimum atomic E-state index is -0.166. The Morgan fingerprint density at radius 1 is 1.19 bits per heavy atom. The molecule has 0 radical (unpaired) electrons. The Labute approximate surface area is 158 Å². The summed E-state index contributed by atoms with van der Waals surface area (Å²) in [7, 11) is 0. The highest BCUT2D eigenvalue weighted by atomic mass is 16.3. The van der Waals surface area contributed by atoms with Crippen LogP contribution in [0.25, 0.3) is 5.69 Å². The molecular weight excluding hydrogens is 340 g/mol. The first-order chi connectivity index (χ1) is 13.2. The van der Waals surface area contributed by atoms with Crippen molar-refractivity contribution in [1.29, 1.82) is 0 Å². The van der Waals surface area contributed by atoms with Crippen LogP contribution in [0.5, 0.6) is 5.75 Å². The van der Waals surface area contributed by atoms with Crippen molar-refractivity contribution in [1.82, 2.24) is 14.7 Å². The van der Waals surface area contributed by atoms with Crippen LogP contribution < -0.4 is 5.32 Å². The van der Waals surface area contributed by atoms with Crippen molar-refractivity contribution >= 4 is 11.6 Å². The lowest BCUT2D eigenvalue weighted by Crippen LogP contribution is -2.39. The fourth-order valence-electron chi connectivity index (χ4n) is 3.57. The van der Waals surface area contributed by atoms with Gasteiger partial charge in [0.15, 0.2) is 0 Å². The first-order valence-electron chi connectivity index (χ1n) is 9.12. The molecule has 0 spiro atoms. The molecule has 138 valence electrons. The van der Waals surface area contributed by atoms with Gasteiger partial charge in [-0.15, -0.1) is 0 Å². The fourth-order valence-corrected chi connectivity index (χ4v) is 3.57. The quantitative estimate of drug-likeness (QED) is 0.731. The maximum atomic E-state index is 12.9. The summed E-state index contributed by atoms with van der Waals surface area (Å²) in [6.45, 7) is 1.53. The van der Waals surface area contributed by atoms with Gasteiger partial charge in [0.2, 0.25) is 5.91 Å². The van der Waals surface area contributed by atoms with Crippen LogP contribution in [-0.2, 0) is 11.3 Å². The van der Waals surface area contributed by atoms with Gasteiger partial charge in [-0.05, 0) is 61.3 Å². The Bertz CT molecular complexity index is 923. The smallest absolute Gasteiger partial charge is 0.241 e. The first-order valence-corrected chi connectivity index (χ1v) is 9.12. The number of aromatic hydroxyl groups is 1. The van der Waals surface area contributed by atoms with Crippen LogP contribution in [0.3, 0.4) is 0 Å². The monoisotopic (exact) mass is 362 g/mol. The summed E-state index contributed by atoms with van der Waals surface area (Å²) < 4.78 is 1.76. The number of phenolic OH excluding ortho intramolecular Hbond substituents is 1. The van der Waals surface area contributed by atoms with Crippen molar-refractivity contribution < 1.29 is 9.90 Å². The van der Waals surface area contributed by atoms with Crippen molar-refractivity contribution in [2.75, 3.05) is 11.9 Å². The Kier molecular flexibility index (Phi) is 4.89. The standard InChI is InChI=1S/C21H22N4O2/c26-19-8-1-5-16(13-19)15-24-11-3-9-20(24)21(27)23-17-6-2-7-18(14-17)25-12-4-10-22-25/h1-2,4-8,10,12-14,20,26H,3,9,11,15H2,(H,23,27)/t20-/m0/s1. The summed E-state index contributed by atoms with van der Waals surface area (Å²) in [6.07, 6.45) is 5.42. The predicted molar refractivity (Wildman–Crippen MR) is 104 cm³/mol. The topological polar surface area (TPSA) is 70.4 Å². The SMILES string of the molecule is O=C(Nc1cccc(-n2cccn2)c1)[C@@H]1CCCN1Cc1cccc(O)c1. The van der Waals surface area contributed by atoms with Crippen molar-refractivity contribution in [2.24, 2.45) is 0 Å². The fraction of sp³-hybridized carbons (Fsp3) is 0.238. The van der Waals surface area contributed by atoms with E-state index in [2.05, 4.69) is 15.3 Å². The molecule has 6 heteroatoms. The number of anilines is 1. The van der Waals surface area contributed by atoms with E-state index in [1.54, 1.807) is 23.0 Å². The van der Waals surface area contributed by atoms with E-state index in [1.165, 1.54) is 0 Å². The Morgan fingerprint density at radius 2 is 2.07 bits per heavy atom. The Morgan fingerprint density at radius 3 is 2.89 bits per heavy atom. The molecule has 1 atom stereocenters. The van der Waals surface area contributed by atoms with Crippen LogP contribution in [0.2, 0.25) is 0 Å². The molecule has 0 saturated carbocycles. The van der Waals surface area contributed by atoms with Gasteiger partial charge in [-0.3, -0.25) is 9.69 Å². The summed E-state index contributed by atoms with van der Waals surface area (Å²) in [5.74, 6) is 0.258. The molecule has 1 aliphatic rings. The predicted octanol–water partition coefficient (Wildman–Crippen LogP) is 3.18. The molecule has 2 N–H and O–H groups in total. The number of hydrogen-bond donors (Lipinski definition) is 2. The summed E-state index contributed by atoms with van der Waals surface area (Å²) in [5, 5.41) is 16.9. The molecule has 0 unspecified atom stereocenters. The molecule has 0 bridgehead atoms. The zero-order valence-corrected chi connectivity index (χ0v) is 15.0. The molecule has 4 rings (SSSR count). The van der Waals surface area contributed by atoms with Gasteiger partial charge in [-0.25, -0.2) is 4.68 Å². The number of rotatable bonds is 5. The highest BCUT2D eigenvalue weighted by Gasteiger charge is 2.30. The third-order valence-electron chi connectivity index (χ3n) is 4.85. The number of aromatic nitrogens is 2. The summed E-state index contributed by atoms with van der Waals surface area (Å²) in [6, 6.07) is 16.6. The van der Waals surface area contributed by atoms with Crippen molar-refractivity contribution in [2.45, 2.75) is 25.4 Å². The number of benzene rings is 2. The maximum Gasteiger partial charge on any atom is 0.241 e. The number of phenols is 1. The third-order valence-corrected chi connectivity index (χ3v) is 4.85. The van der Waals surface area contributed by atoms with Crippen molar-refractivity contribution in [3.05, 3.63) is 72.6 Å². The molecule has 2 aromatic carbocycles. The average molecular weight is 362 g/mol. The van der Waals surface area contributed by atoms with E-state index < -0.39 is 0 Å². The molecule has 3 aromatic rings. The molecule has 6 nitrogen and oxygen atoms in total. The van der Waals surface area contributed by atoms with Gasteiger partial charge in [-0.2, -0.15) is 5.10 Å². The lowest BCUT2D eigenvalue weighted by atomic mass is 10.1. The molecule has 1 amide bonds. The molecule has 1 saturated heterocycles. The normalized spacial score (nSPS) is 17.1. The highest BCUT2D eigenvalue weighted by Crippen LogP contribution is 2.23. The highest BCUT2D eigenvalue weighted by molar-refractivity contribution is 5.95. The van der Waals surface area contributed by atoms with Crippen LogP contribution in [0.4, 0.5) is 5.69 Å². The summed E-state index contributed by atoms with van der Waals surface area (Å²) in [4.78, 5) is 15.0. The Hall–Kier alpha value is -3.12. The second-order valence-electron chi connectivity index (χ2n) is 6.79. The molecule has 27 heavy (non-hydrogen) atoms. The van der Waals surface area contributed by atoms with Crippen LogP contribution in [-0.4, -0.2) is 38.3 Å². The summed E-state index contributed by atoms with van der Waals surface area (Å²) in [5.41, 5.74) is 2.67. The van der Waals surface area contributed by atoms with Gasteiger partial charge < -0.3 is 10.4 Å². The number of hydrogen-bond acceptors (Lipinski definition) is 4. The molecule has 1 aromatic heterocycles. The van der Waals surface area contributed by atoms with Gasteiger partial charge in [0.25, 0.3) is 0 Å². The summed E-state index contributed by atoms with van der Waals surface area (Å²) >= 11 is 0. The molecule has 2 heterocycles. The number of nitrogens with one attached hydrogen (secondary N) is 1. The van der Waals surface area contributed by atoms with Crippen LogP contribution >= 0.6 is 0 Å². The number of carbonyl (C=O) groups is 1. The van der Waals surface area contributed by atoms with Crippen LogP contribution in [0.1, 0.15) is 18.4 Å². The number of likely N-dealkylation sites (tertiary alicyclic amines) is 1. The van der Waals surface area contributed by atoms with E-state index >= 15 is 0 Å². The largest absolute Gasteiger partial charge is 0.508 e. The van der Waals surface area contributed by atoms with E-state index in [9.17, 15) is 9.90 Å². The van der Waals surface area contributed by atoms with Crippen LogP contribution in [0, 0.1) is 0 Å². The second kappa shape index (κ2) is 7.63. The van der Waals surface area contributed by atoms with Gasteiger partial charge in [0, 0.05) is 24.6 Å². The molecule has 0 aliphatic carbocycles. The number of amides is 1. The van der Waals surface area contributed by atoms with Gasteiger partial charge in [-0.1, -0.05) is 18.2 Å². The van der Waals surface area contributed by atoms with Crippen LogP contribution in [0.15, 0.2) is 67.0 Å². The minimum Gasteiger partial charge on any atom is -0.508 e. The van der Waals surface area contributed by atoms with E-state index in [1.807, 2.05) is 48.7 Å². The first kappa shape index (κ1) is 17.3. The van der Waals surface area contributed by atoms with Gasteiger partial charge in [0.05, 0.1) is 11.7 Å². The zero-order valence-electron chi connectivity index (χ0n) is 15.0. The van der Waals surface area contributed by atoms with Crippen molar-refractivity contribution in [3.63, 3.8) is 0 Å². The molecule has 1 fully saturated rings. The molecular formula is C21H22N4O2. The lowest BCUT2D eigenvalue weighted by molar-refractivity contribution is -0.120. The number of nitrogens with zero attached hydrogens (tertiary/aromatic N) is 3. The van der Waals surface area contributed by atoms with E-state index in [0.717, 1.165) is 36.3 Å². The van der Waals surface area contributed by atoms with Gasteiger partial charge in [0.1, 0.15) is 5.75 Å². The van der Waals surface area contributed by atoms with E-state index in [0.29, 0.717) is 6.54 Å².